The van der Waals surface area contributed by atoms with Crippen LogP contribution in [0.1, 0.15) is 38.7 Å². The van der Waals surface area contributed by atoms with Gasteiger partial charge in [0.05, 0.1) is 0 Å². The molecule has 6 heteroatoms. The molecule has 3 atom stereocenters. The normalized spacial score (nSPS) is 28.8. The van der Waals surface area contributed by atoms with Gasteiger partial charge in [0.1, 0.15) is 0 Å². The molecule has 1 aromatic rings. The van der Waals surface area contributed by atoms with Gasteiger partial charge < -0.3 is 10.6 Å². The molecule has 2 aliphatic heterocycles. The molecule has 27 heavy (non-hydrogen) atoms. The number of rotatable bonds is 6. The first-order chi connectivity index (χ1) is 12.6. The molecular weight excluding hydrogens is 467 g/mol. The lowest BCUT2D eigenvalue weighted by molar-refractivity contribution is 0.255. The molecular formula is C21H35IN4S. The molecule has 0 radical (unpaired) electrons. The first-order valence-corrected chi connectivity index (χ1v) is 10.9. The minimum Gasteiger partial charge on any atom is -0.356 e. The Balaban J connectivity index is 0.00000261. The maximum Gasteiger partial charge on any atom is 0.191 e. The molecule has 4 nitrogen and oxygen atoms in total. The van der Waals surface area contributed by atoms with Gasteiger partial charge in [0, 0.05) is 44.0 Å². The third kappa shape index (κ3) is 6.82. The van der Waals surface area contributed by atoms with Crippen LogP contribution in [0.2, 0.25) is 0 Å². The molecule has 152 valence electrons. The van der Waals surface area contributed by atoms with Gasteiger partial charge in [0.15, 0.2) is 5.96 Å². The minimum atomic E-state index is 0. The van der Waals surface area contributed by atoms with Crippen LogP contribution in [0.15, 0.2) is 35.3 Å². The summed E-state index contributed by atoms with van der Waals surface area (Å²) in [5, 5.41) is 7.10. The van der Waals surface area contributed by atoms with Crippen molar-refractivity contribution in [3.05, 3.63) is 35.9 Å². The molecule has 0 saturated carbocycles. The Morgan fingerprint density at radius 1 is 1.30 bits per heavy atom. The van der Waals surface area contributed by atoms with E-state index in [9.17, 15) is 0 Å². The molecule has 0 spiro atoms. The first-order valence-electron chi connectivity index (χ1n) is 9.94. The van der Waals surface area contributed by atoms with E-state index in [-0.39, 0.29) is 24.0 Å². The van der Waals surface area contributed by atoms with Gasteiger partial charge in [-0.3, -0.25) is 9.89 Å². The van der Waals surface area contributed by atoms with E-state index in [1.54, 1.807) is 0 Å². The molecule has 2 heterocycles. The van der Waals surface area contributed by atoms with Gasteiger partial charge in [-0.25, -0.2) is 0 Å². The monoisotopic (exact) mass is 502 g/mol. The molecule has 3 rings (SSSR count). The number of likely N-dealkylation sites (tertiary alicyclic amines) is 1. The number of nitrogens with one attached hydrogen (secondary N) is 2. The van der Waals surface area contributed by atoms with Gasteiger partial charge in [0.2, 0.25) is 0 Å². The van der Waals surface area contributed by atoms with Crippen LogP contribution < -0.4 is 10.6 Å². The van der Waals surface area contributed by atoms with E-state index in [1.807, 2.05) is 7.05 Å². The van der Waals surface area contributed by atoms with Crippen molar-refractivity contribution in [3.63, 3.8) is 0 Å². The van der Waals surface area contributed by atoms with Crippen LogP contribution in [-0.4, -0.2) is 54.1 Å². The molecule has 0 amide bonds. The van der Waals surface area contributed by atoms with Crippen molar-refractivity contribution in [2.24, 2.45) is 10.9 Å². The van der Waals surface area contributed by atoms with E-state index in [1.165, 1.54) is 30.6 Å². The van der Waals surface area contributed by atoms with Gasteiger partial charge in [0.25, 0.3) is 0 Å². The average molecular weight is 503 g/mol. The number of halogens is 1. The van der Waals surface area contributed by atoms with E-state index in [4.69, 9.17) is 0 Å². The fourth-order valence-corrected chi connectivity index (χ4v) is 5.36. The lowest BCUT2D eigenvalue weighted by Crippen LogP contribution is -2.45. The van der Waals surface area contributed by atoms with Crippen LogP contribution in [0.4, 0.5) is 0 Å². The Hall–Kier alpha value is -0.470. The van der Waals surface area contributed by atoms with Gasteiger partial charge in [-0.1, -0.05) is 30.3 Å². The zero-order valence-corrected chi connectivity index (χ0v) is 20.1. The lowest BCUT2D eigenvalue weighted by Gasteiger charge is -2.25. The van der Waals surface area contributed by atoms with E-state index < -0.39 is 0 Å². The second-order valence-electron chi connectivity index (χ2n) is 8.07. The van der Waals surface area contributed by atoms with Crippen molar-refractivity contribution in [2.45, 2.75) is 50.4 Å². The van der Waals surface area contributed by atoms with Crippen molar-refractivity contribution in [2.75, 3.05) is 32.4 Å². The van der Waals surface area contributed by atoms with Crippen LogP contribution in [0.25, 0.3) is 0 Å². The smallest absolute Gasteiger partial charge is 0.191 e. The second-order valence-corrected chi connectivity index (χ2v) is 9.76. The molecule has 0 bridgehead atoms. The predicted octanol–water partition coefficient (Wildman–Crippen LogP) is 3.97. The van der Waals surface area contributed by atoms with Gasteiger partial charge in [-0.05, 0) is 50.3 Å². The Morgan fingerprint density at radius 2 is 2.07 bits per heavy atom. The first kappa shape index (κ1) is 22.8. The highest BCUT2D eigenvalue weighted by Crippen LogP contribution is 2.36. The standard InChI is InChI=1S/C21H34N4S.HI/c1-17-12-19(15-25(17)14-18-8-5-4-6-9-18)13-23-20(22-3)24-16-21(2)10-7-11-26-21;/h4-6,8-9,17,19H,7,10-16H2,1-3H3,(H2,22,23,24);1H. The third-order valence-electron chi connectivity index (χ3n) is 5.73. The Bertz CT molecular complexity index is 589. The molecule has 0 aromatic heterocycles. The van der Waals surface area contributed by atoms with Gasteiger partial charge >= 0.3 is 0 Å². The quantitative estimate of drug-likeness (QED) is 0.351. The van der Waals surface area contributed by atoms with Crippen molar-refractivity contribution >= 4 is 41.7 Å². The van der Waals surface area contributed by atoms with Crippen LogP contribution in [0, 0.1) is 5.92 Å². The fourth-order valence-electron chi connectivity index (χ4n) is 4.11. The Kier molecular flexibility index (Phi) is 9.22. The highest BCUT2D eigenvalue weighted by Gasteiger charge is 2.30. The van der Waals surface area contributed by atoms with E-state index in [2.05, 4.69) is 76.5 Å². The SMILES string of the molecule is CN=C(NCC1CC(C)N(Cc2ccccc2)C1)NCC1(C)CCCS1.I. The lowest BCUT2D eigenvalue weighted by atomic mass is 10.1. The van der Waals surface area contributed by atoms with Crippen LogP contribution >= 0.6 is 35.7 Å². The minimum absolute atomic E-state index is 0. The summed E-state index contributed by atoms with van der Waals surface area (Å²) in [6.07, 6.45) is 3.90. The molecule has 2 saturated heterocycles. The summed E-state index contributed by atoms with van der Waals surface area (Å²) in [6, 6.07) is 11.5. The summed E-state index contributed by atoms with van der Waals surface area (Å²) in [5.41, 5.74) is 1.41. The predicted molar refractivity (Wildman–Crippen MR) is 129 cm³/mol. The summed E-state index contributed by atoms with van der Waals surface area (Å²) in [6.45, 7) is 8.94. The number of aliphatic imine (C=N–C) groups is 1. The van der Waals surface area contributed by atoms with Gasteiger partial charge in [-0.15, -0.1) is 24.0 Å². The number of thioether (sulfide) groups is 1. The van der Waals surface area contributed by atoms with E-state index in [0.29, 0.717) is 16.7 Å². The zero-order valence-electron chi connectivity index (χ0n) is 16.9. The highest BCUT2D eigenvalue weighted by molar-refractivity contribution is 14.0. The Morgan fingerprint density at radius 3 is 2.74 bits per heavy atom. The molecule has 2 N–H and O–H groups in total. The number of hydrogen-bond donors (Lipinski definition) is 2. The second kappa shape index (κ2) is 10.9. The maximum atomic E-state index is 4.42. The number of benzene rings is 1. The largest absolute Gasteiger partial charge is 0.356 e. The summed E-state index contributed by atoms with van der Waals surface area (Å²) in [4.78, 5) is 7.02. The number of hydrogen-bond acceptors (Lipinski definition) is 3. The van der Waals surface area contributed by atoms with Crippen molar-refractivity contribution < 1.29 is 0 Å². The van der Waals surface area contributed by atoms with Gasteiger partial charge in [-0.2, -0.15) is 11.8 Å². The van der Waals surface area contributed by atoms with Crippen LogP contribution in [-0.2, 0) is 6.54 Å². The van der Waals surface area contributed by atoms with Crippen molar-refractivity contribution in [1.82, 2.24) is 15.5 Å². The molecule has 3 unspecified atom stereocenters. The number of guanidine groups is 1. The third-order valence-corrected chi connectivity index (χ3v) is 7.27. The molecule has 1 aromatic carbocycles. The van der Waals surface area contributed by atoms with Crippen LogP contribution in [0.3, 0.4) is 0 Å². The highest BCUT2D eigenvalue weighted by atomic mass is 127. The Labute approximate surface area is 186 Å². The topological polar surface area (TPSA) is 39.7 Å². The molecule has 2 fully saturated rings. The summed E-state index contributed by atoms with van der Waals surface area (Å²) in [5.74, 6) is 2.93. The average Bonchev–Trinajstić information content (AvgIpc) is 3.22. The van der Waals surface area contributed by atoms with Crippen molar-refractivity contribution in [3.8, 4) is 0 Å². The molecule has 0 aliphatic carbocycles. The summed E-state index contributed by atoms with van der Waals surface area (Å²) >= 11 is 2.09. The summed E-state index contributed by atoms with van der Waals surface area (Å²) < 4.78 is 0.367. The van der Waals surface area contributed by atoms with E-state index >= 15 is 0 Å². The van der Waals surface area contributed by atoms with Crippen LogP contribution in [0.5, 0.6) is 0 Å². The number of nitrogens with zero attached hydrogens (tertiary/aromatic N) is 2. The summed E-state index contributed by atoms with van der Waals surface area (Å²) in [7, 11) is 1.87. The maximum absolute atomic E-state index is 4.42. The van der Waals surface area contributed by atoms with Crippen molar-refractivity contribution in [1.29, 1.82) is 0 Å². The zero-order chi connectivity index (χ0) is 18.4. The fraction of sp³-hybridized carbons (Fsp3) is 0.667. The molecule has 2 aliphatic rings. The van der Waals surface area contributed by atoms with E-state index in [0.717, 1.165) is 32.1 Å².